The lowest BCUT2D eigenvalue weighted by Gasteiger charge is -2.56. The van der Waals surface area contributed by atoms with Crippen LogP contribution in [0.1, 0.15) is 110 Å². The van der Waals surface area contributed by atoms with E-state index in [-0.39, 0.29) is 17.9 Å². The number of carbonyl (C=O) groups excluding carboxylic acids is 1. The standard InChI is InChI=1S/C31H37NO2/c1-19(2)23-17-25(20(3)4)28-27(18-23)30(6,7)31(28,34)26-16-12-11-15-24(26)29(33)32-21(5)22-13-9-8-10-14-22/h8-21,34H,1-7H3,(H,32,33)/t21-,31-/m0/s1. The third-order valence-electron chi connectivity index (χ3n) is 7.63. The maximum atomic E-state index is 13.5. The number of fused-ring (bicyclic) bond motifs is 1. The van der Waals surface area contributed by atoms with Crippen LogP contribution in [0.3, 0.4) is 0 Å². The molecule has 3 nitrogen and oxygen atoms in total. The van der Waals surface area contributed by atoms with Crippen LogP contribution >= 0.6 is 0 Å². The molecule has 0 aromatic heterocycles. The minimum absolute atomic E-state index is 0.141. The van der Waals surface area contributed by atoms with Gasteiger partial charge in [-0.05, 0) is 52.6 Å². The van der Waals surface area contributed by atoms with Gasteiger partial charge < -0.3 is 10.4 Å². The van der Waals surface area contributed by atoms with E-state index in [0.717, 1.165) is 16.7 Å². The Morgan fingerprint density at radius 1 is 0.794 bits per heavy atom. The van der Waals surface area contributed by atoms with Crippen molar-refractivity contribution in [3.63, 3.8) is 0 Å². The predicted molar refractivity (Wildman–Crippen MR) is 139 cm³/mol. The molecule has 2 N–H and O–H groups in total. The molecule has 4 rings (SSSR count). The molecule has 2 atom stereocenters. The first-order valence-corrected chi connectivity index (χ1v) is 12.4. The van der Waals surface area contributed by atoms with Gasteiger partial charge in [0.1, 0.15) is 5.60 Å². The average Bonchev–Trinajstić information content (AvgIpc) is 2.83. The van der Waals surface area contributed by atoms with Gasteiger partial charge in [-0.2, -0.15) is 0 Å². The lowest BCUT2D eigenvalue weighted by atomic mass is 9.50. The Morgan fingerprint density at radius 2 is 1.41 bits per heavy atom. The van der Waals surface area contributed by atoms with E-state index >= 15 is 0 Å². The Hall–Kier alpha value is -2.91. The van der Waals surface area contributed by atoms with Gasteiger partial charge in [0.15, 0.2) is 0 Å². The molecule has 1 aliphatic rings. The van der Waals surface area contributed by atoms with Crippen molar-refractivity contribution < 1.29 is 9.90 Å². The average molecular weight is 456 g/mol. The number of nitrogens with one attached hydrogen (secondary N) is 1. The fraction of sp³-hybridized carbons (Fsp3) is 0.387. The van der Waals surface area contributed by atoms with Gasteiger partial charge in [0.05, 0.1) is 6.04 Å². The van der Waals surface area contributed by atoms with Crippen molar-refractivity contribution in [1.82, 2.24) is 5.32 Å². The zero-order chi connectivity index (χ0) is 24.8. The highest BCUT2D eigenvalue weighted by molar-refractivity contribution is 5.97. The lowest BCUT2D eigenvalue weighted by molar-refractivity contribution is -0.0260. The number of rotatable bonds is 6. The van der Waals surface area contributed by atoms with Crippen molar-refractivity contribution in [3.05, 3.63) is 106 Å². The van der Waals surface area contributed by atoms with Crippen molar-refractivity contribution in [3.8, 4) is 0 Å². The number of carbonyl (C=O) groups is 1. The molecular weight excluding hydrogens is 418 g/mol. The number of hydrogen-bond acceptors (Lipinski definition) is 2. The van der Waals surface area contributed by atoms with Gasteiger partial charge in [-0.25, -0.2) is 0 Å². The topological polar surface area (TPSA) is 49.3 Å². The molecule has 0 spiro atoms. The normalized spacial score (nSPS) is 19.5. The van der Waals surface area contributed by atoms with Crippen molar-refractivity contribution in [2.75, 3.05) is 0 Å². The van der Waals surface area contributed by atoms with Gasteiger partial charge in [0.2, 0.25) is 0 Å². The molecule has 3 aromatic rings. The van der Waals surface area contributed by atoms with Crippen LogP contribution in [0.15, 0.2) is 66.7 Å². The van der Waals surface area contributed by atoms with E-state index in [1.807, 2.05) is 61.5 Å². The first-order chi connectivity index (χ1) is 16.0. The second kappa shape index (κ2) is 8.70. The number of aliphatic hydroxyl groups is 1. The van der Waals surface area contributed by atoms with Crippen LogP contribution in [0, 0.1) is 0 Å². The summed E-state index contributed by atoms with van der Waals surface area (Å²) in [4.78, 5) is 13.5. The molecule has 1 amide bonds. The maximum absolute atomic E-state index is 13.5. The minimum atomic E-state index is -1.25. The molecule has 34 heavy (non-hydrogen) atoms. The molecule has 0 heterocycles. The van der Waals surface area contributed by atoms with Crippen molar-refractivity contribution in [1.29, 1.82) is 0 Å². The van der Waals surface area contributed by atoms with E-state index in [1.165, 1.54) is 11.1 Å². The zero-order valence-corrected chi connectivity index (χ0v) is 21.4. The largest absolute Gasteiger partial charge is 0.379 e. The van der Waals surface area contributed by atoms with Crippen molar-refractivity contribution in [2.45, 2.75) is 77.4 Å². The van der Waals surface area contributed by atoms with Crippen molar-refractivity contribution >= 4 is 5.91 Å². The molecule has 1 aliphatic carbocycles. The van der Waals surface area contributed by atoms with Gasteiger partial charge in [-0.3, -0.25) is 4.79 Å². The van der Waals surface area contributed by atoms with E-state index in [0.29, 0.717) is 17.0 Å². The van der Waals surface area contributed by atoms with Gasteiger partial charge in [-0.15, -0.1) is 0 Å². The van der Waals surface area contributed by atoms with Crippen LogP contribution in [0.5, 0.6) is 0 Å². The third kappa shape index (κ3) is 3.67. The van der Waals surface area contributed by atoms with E-state index < -0.39 is 11.0 Å². The van der Waals surface area contributed by atoms with Gasteiger partial charge in [0, 0.05) is 16.5 Å². The summed E-state index contributed by atoms with van der Waals surface area (Å²) in [5.41, 5.74) is 5.06. The highest BCUT2D eigenvalue weighted by Crippen LogP contribution is 2.60. The van der Waals surface area contributed by atoms with Gasteiger partial charge >= 0.3 is 0 Å². The van der Waals surface area contributed by atoms with Crippen LogP contribution in [-0.4, -0.2) is 11.0 Å². The Bertz CT molecular complexity index is 1190. The summed E-state index contributed by atoms with van der Waals surface area (Å²) in [5, 5.41) is 15.6. The Labute approximate surface area is 204 Å². The molecule has 3 aromatic carbocycles. The predicted octanol–water partition coefficient (Wildman–Crippen LogP) is 6.95. The molecule has 3 heteroatoms. The highest BCUT2D eigenvalue weighted by Gasteiger charge is 2.60. The molecular formula is C31H37NO2. The molecule has 0 fully saturated rings. The summed E-state index contributed by atoms with van der Waals surface area (Å²) in [6, 6.07) is 21.8. The van der Waals surface area contributed by atoms with Gasteiger partial charge in [-0.1, -0.05) is 102 Å². The first-order valence-electron chi connectivity index (χ1n) is 12.4. The molecule has 0 bridgehead atoms. The quantitative estimate of drug-likeness (QED) is 0.422. The van der Waals surface area contributed by atoms with Gasteiger partial charge in [0.25, 0.3) is 5.91 Å². The van der Waals surface area contributed by atoms with E-state index in [1.54, 1.807) is 0 Å². The van der Waals surface area contributed by atoms with Crippen molar-refractivity contribution in [2.24, 2.45) is 0 Å². The van der Waals surface area contributed by atoms with Crippen LogP contribution in [0.4, 0.5) is 0 Å². The van der Waals surface area contributed by atoms with E-state index in [4.69, 9.17) is 0 Å². The second-order valence-corrected chi connectivity index (χ2v) is 10.8. The first kappa shape index (κ1) is 24.2. The van der Waals surface area contributed by atoms with Crippen LogP contribution in [-0.2, 0) is 11.0 Å². The Morgan fingerprint density at radius 3 is 2.03 bits per heavy atom. The summed E-state index contributed by atoms with van der Waals surface area (Å²) < 4.78 is 0. The minimum Gasteiger partial charge on any atom is -0.379 e. The summed E-state index contributed by atoms with van der Waals surface area (Å²) in [6.45, 7) is 14.9. The Kier molecular flexibility index (Phi) is 6.20. The van der Waals surface area contributed by atoms with E-state index in [2.05, 4.69) is 59.0 Å². The van der Waals surface area contributed by atoms with E-state index in [9.17, 15) is 9.90 Å². The van der Waals surface area contributed by atoms with Crippen LogP contribution in [0.25, 0.3) is 0 Å². The molecule has 0 aliphatic heterocycles. The molecule has 0 radical (unpaired) electrons. The monoisotopic (exact) mass is 455 g/mol. The summed E-state index contributed by atoms with van der Waals surface area (Å²) >= 11 is 0. The molecule has 0 saturated heterocycles. The third-order valence-corrected chi connectivity index (χ3v) is 7.63. The number of hydrogen-bond donors (Lipinski definition) is 2. The highest BCUT2D eigenvalue weighted by atomic mass is 16.3. The Balaban J connectivity index is 1.81. The SMILES string of the molecule is CC(C)c1cc(C(C)C)c2c(c1)C(C)(C)[C@]2(O)c1ccccc1C(=O)N[C@@H](C)c1ccccc1. The molecule has 0 unspecified atom stereocenters. The number of amides is 1. The lowest BCUT2D eigenvalue weighted by Crippen LogP contribution is -2.57. The second-order valence-electron chi connectivity index (χ2n) is 10.8. The smallest absolute Gasteiger partial charge is 0.252 e. The van der Waals surface area contributed by atoms with Crippen LogP contribution in [0.2, 0.25) is 0 Å². The summed E-state index contributed by atoms with van der Waals surface area (Å²) in [6.07, 6.45) is 0. The summed E-state index contributed by atoms with van der Waals surface area (Å²) in [5.74, 6) is 0.494. The maximum Gasteiger partial charge on any atom is 0.252 e. The van der Waals surface area contributed by atoms with Crippen LogP contribution < -0.4 is 5.32 Å². The molecule has 178 valence electrons. The molecule has 0 saturated carbocycles. The summed E-state index contributed by atoms with van der Waals surface area (Å²) in [7, 11) is 0. The fourth-order valence-corrected chi connectivity index (χ4v) is 5.39. The fourth-order valence-electron chi connectivity index (χ4n) is 5.39. The number of benzene rings is 3. The zero-order valence-electron chi connectivity index (χ0n) is 21.4.